The van der Waals surface area contributed by atoms with Crippen LogP contribution in [0.4, 0.5) is 0 Å². The van der Waals surface area contributed by atoms with E-state index in [1.807, 2.05) is 41.3 Å². The van der Waals surface area contributed by atoms with Gasteiger partial charge in [0.2, 0.25) is 5.91 Å². The van der Waals surface area contributed by atoms with E-state index in [9.17, 15) is 14.4 Å². The van der Waals surface area contributed by atoms with E-state index in [2.05, 4.69) is 15.5 Å². The molecule has 4 aliphatic heterocycles. The summed E-state index contributed by atoms with van der Waals surface area (Å²) in [5.74, 6) is 0.929. The first kappa shape index (κ1) is 23.8. The summed E-state index contributed by atoms with van der Waals surface area (Å²) in [5.41, 5.74) is -0.137. The molecule has 4 aliphatic rings. The highest BCUT2D eigenvalue weighted by atomic mass is 16.5. The maximum Gasteiger partial charge on any atom is 0.255 e. The number of nitrogens with one attached hydrogen (secondary N) is 2. The molecule has 2 atom stereocenters. The molecule has 2 aromatic carbocycles. The Morgan fingerprint density at radius 3 is 1.95 bits per heavy atom. The summed E-state index contributed by atoms with van der Waals surface area (Å²) in [6.07, 6.45) is 3.26. The van der Waals surface area contributed by atoms with Crippen molar-refractivity contribution >= 4 is 17.7 Å². The number of ether oxygens (including phenoxy) is 2. The van der Waals surface area contributed by atoms with Crippen LogP contribution >= 0.6 is 0 Å². The Bertz CT molecular complexity index is 1230. The van der Waals surface area contributed by atoms with Gasteiger partial charge in [-0.1, -0.05) is 24.3 Å². The van der Waals surface area contributed by atoms with Crippen molar-refractivity contribution in [1.29, 1.82) is 0 Å². The number of para-hydroxylation sites is 2. The maximum absolute atomic E-state index is 13.5. The Morgan fingerprint density at radius 2 is 1.32 bits per heavy atom. The second kappa shape index (κ2) is 9.37. The van der Waals surface area contributed by atoms with Crippen molar-refractivity contribution in [3.63, 3.8) is 0 Å². The van der Waals surface area contributed by atoms with Gasteiger partial charge in [0.1, 0.15) is 22.7 Å². The van der Waals surface area contributed by atoms with Gasteiger partial charge in [0.15, 0.2) is 0 Å². The first-order valence-corrected chi connectivity index (χ1v) is 13.1. The van der Waals surface area contributed by atoms with Crippen LogP contribution in [0, 0.1) is 0 Å². The average molecular weight is 505 g/mol. The van der Waals surface area contributed by atoms with E-state index in [0.717, 1.165) is 32.2 Å². The van der Waals surface area contributed by atoms with Crippen molar-refractivity contribution in [1.82, 2.24) is 20.4 Å². The fourth-order valence-electron chi connectivity index (χ4n) is 6.08. The molecule has 194 valence electrons. The van der Waals surface area contributed by atoms with Gasteiger partial charge in [0.05, 0.1) is 37.3 Å². The number of amides is 3. The molecule has 0 radical (unpaired) electrons. The Balaban J connectivity index is 1.14. The Hall–Kier alpha value is -3.59. The molecule has 0 aliphatic carbocycles. The summed E-state index contributed by atoms with van der Waals surface area (Å²) in [6, 6.07) is 14.6. The number of piperidine rings is 2. The van der Waals surface area contributed by atoms with Crippen LogP contribution in [0.2, 0.25) is 0 Å². The summed E-state index contributed by atoms with van der Waals surface area (Å²) in [7, 11) is 0. The molecule has 9 heteroatoms. The SMILES string of the molecule is O=C1NC[C@]2(CCCN(CC(=O)N3CCC[C@]4(CNC(=O)c5ccccc5O4)C3)C2)Oc2ccccc21. The number of likely N-dealkylation sites (tertiary alicyclic amines) is 2. The first-order chi connectivity index (χ1) is 17.9. The summed E-state index contributed by atoms with van der Waals surface area (Å²) in [4.78, 5) is 42.6. The Kier molecular flexibility index (Phi) is 6.03. The number of carbonyl (C=O) groups is 3. The topological polar surface area (TPSA) is 100 Å². The lowest BCUT2D eigenvalue weighted by molar-refractivity contribution is -0.139. The number of benzene rings is 2. The zero-order valence-corrected chi connectivity index (χ0v) is 20.8. The third-order valence-corrected chi connectivity index (χ3v) is 7.93. The number of rotatable bonds is 2. The normalized spacial score (nSPS) is 27.6. The van der Waals surface area contributed by atoms with E-state index in [4.69, 9.17) is 9.47 Å². The lowest BCUT2D eigenvalue weighted by atomic mass is 9.91. The number of nitrogens with zero attached hydrogens (tertiary/aromatic N) is 2. The molecule has 0 bridgehead atoms. The van der Waals surface area contributed by atoms with Crippen molar-refractivity contribution in [2.75, 3.05) is 45.8 Å². The Morgan fingerprint density at radius 1 is 0.784 bits per heavy atom. The molecule has 2 saturated heterocycles. The van der Waals surface area contributed by atoms with Crippen molar-refractivity contribution < 1.29 is 23.9 Å². The van der Waals surface area contributed by atoms with Gasteiger partial charge in [0.25, 0.3) is 11.8 Å². The van der Waals surface area contributed by atoms with Crippen LogP contribution in [0.3, 0.4) is 0 Å². The van der Waals surface area contributed by atoms with Gasteiger partial charge in [-0.3, -0.25) is 19.3 Å². The first-order valence-electron chi connectivity index (χ1n) is 13.1. The van der Waals surface area contributed by atoms with Crippen LogP contribution in [0.25, 0.3) is 0 Å². The smallest absolute Gasteiger partial charge is 0.255 e. The van der Waals surface area contributed by atoms with Gasteiger partial charge in [-0.25, -0.2) is 0 Å². The third-order valence-electron chi connectivity index (χ3n) is 7.93. The monoisotopic (exact) mass is 504 g/mol. The molecule has 0 saturated carbocycles. The second-order valence-corrected chi connectivity index (χ2v) is 10.7. The van der Waals surface area contributed by atoms with Gasteiger partial charge < -0.3 is 25.0 Å². The summed E-state index contributed by atoms with van der Waals surface area (Å²) in [6.45, 7) is 3.50. The minimum Gasteiger partial charge on any atom is -0.483 e. The van der Waals surface area contributed by atoms with E-state index in [1.165, 1.54) is 0 Å². The van der Waals surface area contributed by atoms with Crippen LogP contribution in [-0.2, 0) is 4.79 Å². The third kappa shape index (κ3) is 4.64. The number of carbonyl (C=O) groups excluding carboxylic acids is 3. The van der Waals surface area contributed by atoms with E-state index in [0.29, 0.717) is 55.3 Å². The molecule has 6 rings (SSSR count). The van der Waals surface area contributed by atoms with Crippen LogP contribution in [0.15, 0.2) is 48.5 Å². The number of fused-ring (bicyclic) bond motifs is 2. The highest BCUT2D eigenvalue weighted by Gasteiger charge is 2.44. The Labute approximate surface area is 216 Å². The fraction of sp³-hybridized carbons (Fsp3) is 0.464. The van der Waals surface area contributed by atoms with Crippen molar-refractivity contribution in [2.45, 2.75) is 36.9 Å². The lowest BCUT2D eigenvalue weighted by Gasteiger charge is -2.44. The fourth-order valence-corrected chi connectivity index (χ4v) is 6.08. The van der Waals surface area contributed by atoms with Gasteiger partial charge >= 0.3 is 0 Å². The molecule has 2 spiro atoms. The van der Waals surface area contributed by atoms with E-state index in [-0.39, 0.29) is 24.3 Å². The summed E-state index contributed by atoms with van der Waals surface area (Å²) < 4.78 is 12.9. The lowest BCUT2D eigenvalue weighted by Crippen LogP contribution is -2.61. The molecule has 0 unspecified atom stereocenters. The standard InChI is InChI=1S/C28H32N4O5/c33-24(32-14-6-12-28(19-32)17-30-26(35)21-8-2-4-10-23(21)37-28)15-31-13-5-11-27(18-31)16-29-25(34)20-7-1-3-9-22(20)36-27/h1-4,7-10H,5-6,11-19H2,(H,29,34)(H,30,35)/t27-,28-/m0/s1. The van der Waals surface area contributed by atoms with Crippen molar-refractivity contribution in [3.05, 3.63) is 59.7 Å². The largest absolute Gasteiger partial charge is 0.483 e. The zero-order chi connectivity index (χ0) is 25.5. The molecular formula is C28H32N4O5. The molecule has 2 fully saturated rings. The minimum absolute atomic E-state index is 0.0432. The molecule has 37 heavy (non-hydrogen) atoms. The molecular weight excluding hydrogens is 472 g/mol. The zero-order valence-electron chi connectivity index (χ0n) is 20.8. The molecule has 0 aromatic heterocycles. The molecule has 3 amide bonds. The molecule has 2 N–H and O–H groups in total. The molecule has 9 nitrogen and oxygen atoms in total. The van der Waals surface area contributed by atoms with Crippen molar-refractivity contribution in [2.24, 2.45) is 0 Å². The number of hydrogen-bond donors (Lipinski definition) is 2. The summed E-state index contributed by atoms with van der Waals surface area (Å²) >= 11 is 0. The predicted octanol–water partition coefficient (Wildman–Crippen LogP) is 1.83. The van der Waals surface area contributed by atoms with E-state index >= 15 is 0 Å². The quantitative estimate of drug-likeness (QED) is 0.648. The van der Waals surface area contributed by atoms with Crippen molar-refractivity contribution in [3.8, 4) is 11.5 Å². The van der Waals surface area contributed by atoms with Crippen LogP contribution in [0.5, 0.6) is 11.5 Å². The second-order valence-electron chi connectivity index (χ2n) is 10.7. The van der Waals surface area contributed by atoms with E-state index < -0.39 is 11.2 Å². The van der Waals surface area contributed by atoms with Crippen LogP contribution in [-0.4, -0.2) is 84.5 Å². The van der Waals surface area contributed by atoms with E-state index in [1.54, 1.807) is 12.1 Å². The van der Waals surface area contributed by atoms with Gasteiger partial charge in [0, 0.05) is 13.1 Å². The maximum atomic E-state index is 13.5. The average Bonchev–Trinajstić information content (AvgIpc) is 3.12. The highest BCUT2D eigenvalue weighted by molar-refractivity contribution is 5.98. The van der Waals surface area contributed by atoms with Crippen LogP contribution < -0.4 is 20.1 Å². The molecule has 4 heterocycles. The minimum atomic E-state index is -0.641. The van der Waals surface area contributed by atoms with Gasteiger partial charge in [-0.2, -0.15) is 0 Å². The van der Waals surface area contributed by atoms with Gasteiger partial charge in [-0.15, -0.1) is 0 Å². The van der Waals surface area contributed by atoms with Crippen LogP contribution in [0.1, 0.15) is 46.4 Å². The van der Waals surface area contributed by atoms with Gasteiger partial charge in [-0.05, 0) is 56.5 Å². The highest BCUT2D eigenvalue weighted by Crippen LogP contribution is 2.34. The molecule has 2 aromatic rings. The summed E-state index contributed by atoms with van der Waals surface area (Å²) in [5, 5.41) is 6.01. The number of hydrogen-bond acceptors (Lipinski definition) is 6. The predicted molar refractivity (Wildman–Crippen MR) is 136 cm³/mol.